The lowest BCUT2D eigenvalue weighted by atomic mass is 10.3. The molecule has 2 N–H and O–H groups in total. The van der Waals surface area contributed by atoms with E-state index in [2.05, 4.69) is 10.3 Å². The summed E-state index contributed by atoms with van der Waals surface area (Å²) in [5, 5.41) is 15.1. The van der Waals surface area contributed by atoms with Crippen LogP contribution in [0.15, 0.2) is 11.6 Å². The topological polar surface area (TPSA) is 54.4 Å². The van der Waals surface area contributed by atoms with Crippen LogP contribution in [0.1, 0.15) is 13.8 Å². The highest BCUT2D eigenvalue weighted by molar-refractivity contribution is 7.11. The summed E-state index contributed by atoms with van der Waals surface area (Å²) in [6.07, 6.45) is 1.19. The van der Waals surface area contributed by atoms with Crippen molar-refractivity contribution in [2.45, 2.75) is 26.0 Å². The van der Waals surface area contributed by atoms with Gasteiger partial charge >= 0.3 is 0 Å². The first-order valence-electron chi connectivity index (χ1n) is 4.62. The number of hydrogen-bond donors (Lipinski definition) is 2. The van der Waals surface area contributed by atoms with Gasteiger partial charge in [-0.2, -0.15) is 0 Å². The molecule has 1 rings (SSSR count). The zero-order valence-corrected chi connectivity index (χ0v) is 9.25. The maximum atomic E-state index is 9.49. The summed E-state index contributed by atoms with van der Waals surface area (Å²) in [5.41, 5.74) is 0. The molecule has 0 amide bonds. The summed E-state index contributed by atoms with van der Waals surface area (Å²) < 4.78 is 5.26. The van der Waals surface area contributed by atoms with E-state index in [1.165, 1.54) is 11.3 Å². The molecule has 0 radical (unpaired) electrons. The van der Waals surface area contributed by atoms with E-state index in [1.807, 2.05) is 19.2 Å². The quantitative estimate of drug-likeness (QED) is 0.741. The molecule has 80 valence electrons. The predicted octanol–water partition coefficient (Wildman–Crippen LogP) is 0.881. The van der Waals surface area contributed by atoms with Crippen LogP contribution in [-0.2, 0) is 0 Å². The Morgan fingerprint density at radius 3 is 3.00 bits per heavy atom. The van der Waals surface area contributed by atoms with E-state index < -0.39 is 6.10 Å². The van der Waals surface area contributed by atoms with Gasteiger partial charge in [-0.3, -0.25) is 0 Å². The van der Waals surface area contributed by atoms with Crippen molar-refractivity contribution in [3.63, 3.8) is 0 Å². The van der Waals surface area contributed by atoms with Crippen LogP contribution >= 0.6 is 11.3 Å². The highest BCUT2D eigenvalue weighted by atomic mass is 32.1. The van der Waals surface area contributed by atoms with Crippen molar-refractivity contribution in [3.8, 4) is 5.19 Å². The van der Waals surface area contributed by atoms with Gasteiger partial charge in [-0.15, -0.1) is 0 Å². The monoisotopic (exact) mass is 216 g/mol. The second kappa shape index (κ2) is 5.95. The van der Waals surface area contributed by atoms with Gasteiger partial charge in [-0.25, -0.2) is 4.98 Å². The molecule has 5 heteroatoms. The summed E-state index contributed by atoms with van der Waals surface area (Å²) in [7, 11) is 0. The maximum Gasteiger partial charge on any atom is 0.273 e. The number of aliphatic hydroxyl groups excluding tert-OH is 1. The minimum Gasteiger partial charge on any atom is -0.467 e. The number of nitrogens with zero attached hydrogens (tertiary/aromatic N) is 1. The predicted molar refractivity (Wildman–Crippen MR) is 56.8 cm³/mol. The molecule has 1 aromatic rings. The molecule has 0 spiro atoms. The van der Waals surface area contributed by atoms with E-state index in [9.17, 15) is 5.11 Å². The van der Waals surface area contributed by atoms with Gasteiger partial charge in [0.1, 0.15) is 12.7 Å². The summed E-state index contributed by atoms with van der Waals surface area (Å²) in [6.45, 7) is 4.90. The third-order valence-electron chi connectivity index (χ3n) is 1.57. The fourth-order valence-electron chi connectivity index (χ4n) is 0.880. The molecule has 4 nitrogen and oxygen atoms in total. The molecule has 0 unspecified atom stereocenters. The summed E-state index contributed by atoms with van der Waals surface area (Å²) in [6, 6.07) is 0.379. The standard InChI is InChI=1S/C9H16N2O2S/c1-7(2)11-5-8(12)6-13-9-10-3-4-14-9/h3-4,7-8,11-12H,5-6H2,1-2H3/t8-/m0/s1. The maximum absolute atomic E-state index is 9.49. The van der Waals surface area contributed by atoms with Crippen molar-refractivity contribution in [3.05, 3.63) is 11.6 Å². The molecular weight excluding hydrogens is 200 g/mol. The number of ether oxygens (including phenoxy) is 1. The van der Waals surface area contributed by atoms with Gasteiger partial charge in [0.15, 0.2) is 0 Å². The Labute approximate surface area is 87.9 Å². The average Bonchev–Trinajstić information content (AvgIpc) is 2.63. The van der Waals surface area contributed by atoms with Crippen LogP contribution in [0.3, 0.4) is 0 Å². The van der Waals surface area contributed by atoms with Gasteiger partial charge in [-0.1, -0.05) is 25.2 Å². The molecule has 0 aliphatic heterocycles. The number of aromatic nitrogens is 1. The van der Waals surface area contributed by atoms with E-state index in [1.54, 1.807) is 6.20 Å². The normalized spacial score (nSPS) is 13.1. The van der Waals surface area contributed by atoms with Gasteiger partial charge in [0.2, 0.25) is 0 Å². The van der Waals surface area contributed by atoms with E-state index in [0.29, 0.717) is 17.8 Å². The molecule has 0 saturated heterocycles. The Balaban J connectivity index is 2.12. The van der Waals surface area contributed by atoms with Gasteiger partial charge in [0.05, 0.1) is 0 Å². The molecule has 1 aromatic heterocycles. The minimum absolute atomic E-state index is 0.285. The molecule has 0 aliphatic rings. The van der Waals surface area contributed by atoms with Crippen molar-refractivity contribution in [1.29, 1.82) is 0 Å². The van der Waals surface area contributed by atoms with E-state index in [0.717, 1.165) is 0 Å². The highest BCUT2D eigenvalue weighted by Gasteiger charge is 2.06. The van der Waals surface area contributed by atoms with Crippen molar-refractivity contribution in [2.75, 3.05) is 13.2 Å². The van der Waals surface area contributed by atoms with Gasteiger partial charge in [0, 0.05) is 24.2 Å². The molecule has 14 heavy (non-hydrogen) atoms. The van der Waals surface area contributed by atoms with Crippen LogP contribution in [0.25, 0.3) is 0 Å². The molecular formula is C9H16N2O2S. The lowest BCUT2D eigenvalue weighted by Gasteiger charge is -2.13. The van der Waals surface area contributed by atoms with Crippen LogP contribution in [0, 0.1) is 0 Å². The fourth-order valence-corrected chi connectivity index (χ4v) is 1.38. The lowest BCUT2D eigenvalue weighted by Crippen LogP contribution is -2.35. The lowest BCUT2D eigenvalue weighted by molar-refractivity contribution is 0.104. The molecule has 0 saturated carbocycles. The van der Waals surface area contributed by atoms with Crippen LogP contribution in [0.4, 0.5) is 0 Å². The Hall–Kier alpha value is -0.650. The number of rotatable bonds is 6. The third kappa shape index (κ3) is 4.55. The van der Waals surface area contributed by atoms with Gasteiger partial charge < -0.3 is 15.2 Å². The van der Waals surface area contributed by atoms with Gasteiger partial charge in [0.25, 0.3) is 5.19 Å². The third-order valence-corrected chi connectivity index (χ3v) is 2.25. The Bertz CT molecular complexity index is 239. The van der Waals surface area contributed by atoms with Crippen molar-refractivity contribution in [2.24, 2.45) is 0 Å². The first-order chi connectivity index (χ1) is 6.68. The van der Waals surface area contributed by atoms with Crippen LogP contribution in [-0.4, -0.2) is 35.4 Å². The smallest absolute Gasteiger partial charge is 0.273 e. The average molecular weight is 216 g/mol. The fraction of sp³-hybridized carbons (Fsp3) is 0.667. The Kier molecular flexibility index (Phi) is 4.86. The minimum atomic E-state index is -0.485. The largest absolute Gasteiger partial charge is 0.467 e. The van der Waals surface area contributed by atoms with Gasteiger partial charge in [-0.05, 0) is 0 Å². The Morgan fingerprint density at radius 2 is 2.43 bits per heavy atom. The number of hydrogen-bond acceptors (Lipinski definition) is 5. The second-order valence-electron chi connectivity index (χ2n) is 3.33. The SMILES string of the molecule is CC(C)NC[C@H](O)COc1nccs1. The zero-order valence-electron chi connectivity index (χ0n) is 8.43. The number of thiazole rings is 1. The molecule has 0 bridgehead atoms. The molecule has 0 aliphatic carbocycles. The van der Waals surface area contributed by atoms with E-state index in [4.69, 9.17) is 4.74 Å². The first-order valence-corrected chi connectivity index (χ1v) is 5.50. The molecule has 0 fully saturated rings. The van der Waals surface area contributed by atoms with Crippen molar-refractivity contribution < 1.29 is 9.84 Å². The molecule has 0 aromatic carbocycles. The van der Waals surface area contributed by atoms with Crippen molar-refractivity contribution in [1.82, 2.24) is 10.3 Å². The summed E-state index contributed by atoms with van der Waals surface area (Å²) in [5.74, 6) is 0. The van der Waals surface area contributed by atoms with E-state index in [-0.39, 0.29) is 6.61 Å². The molecule has 1 atom stereocenters. The number of nitrogens with one attached hydrogen (secondary N) is 1. The molecule has 1 heterocycles. The summed E-state index contributed by atoms with van der Waals surface area (Å²) >= 11 is 1.42. The summed E-state index contributed by atoms with van der Waals surface area (Å²) in [4.78, 5) is 3.95. The van der Waals surface area contributed by atoms with Crippen LogP contribution in [0.2, 0.25) is 0 Å². The zero-order chi connectivity index (χ0) is 10.4. The van der Waals surface area contributed by atoms with E-state index >= 15 is 0 Å². The second-order valence-corrected chi connectivity index (χ2v) is 4.18. The Morgan fingerprint density at radius 1 is 1.64 bits per heavy atom. The van der Waals surface area contributed by atoms with Crippen LogP contribution in [0.5, 0.6) is 5.19 Å². The highest BCUT2D eigenvalue weighted by Crippen LogP contribution is 2.13. The van der Waals surface area contributed by atoms with Crippen LogP contribution < -0.4 is 10.1 Å². The number of aliphatic hydroxyl groups is 1. The van der Waals surface area contributed by atoms with Crippen molar-refractivity contribution >= 4 is 11.3 Å². The first kappa shape index (κ1) is 11.4.